The van der Waals surface area contributed by atoms with Gasteiger partial charge in [0.25, 0.3) is 0 Å². The Morgan fingerprint density at radius 2 is 1.92 bits per heavy atom. The molecule has 0 aromatic carbocycles. The van der Waals surface area contributed by atoms with Crippen LogP contribution in [0.3, 0.4) is 0 Å². The molecule has 2 aromatic rings. The van der Waals surface area contributed by atoms with Crippen molar-refractivity contribution in [3.63, 3.8) is 0 Å². The number of carbonyl (C=O) groups is 1. The molecule has 8 nitrogen and oxygen atoms in total. The molecule has 1 unspecified atom stereocenters. The number of pyridine rings is 1. The zero-order valence-corrected chi connectivity index (χ0v) is 20.9. The van der Waals surface area contributed by atoms with Crippen molar-refractivity contribution in [1.29, 1.82) is 0 Å². The summed E-state index contributed by atoms with van der Waals surface area (Å²) in [6, 6.07) is 2.56. The van der Waals surface area contributed by atoms with Gasteiger partial charge in [0.1, 0.15) is 5.60 Å². The Bertz CT molecular complexity index is 1050. The van der Waals surface area contributed by atoms with Gasteiger partial charge < -0.3 is 19.7 Å². The van der Waals surface area contributed by atoms with E-state index in [9.17, 15) is 26.7 Å². The number of hydrogen-bond acceptors (Lipinski definition) is 6. The topological polar surface area (TPSA) is 81.0 Å². The molecule has 0 radical (unpaired) electrons. The van der Waals surface area contributed by atoms with Crippen LogP contribution in [0.1, 0.15) is 47.5 Å². The van der Waals surface area contributed by atoms with Crippen molar-refractivity contribution >= 4 is 17.7 Å². The number of alkyl halides is 5. The van der Waals surface area contributed by atoms with Crippen LogP contribution >= 0.6 is 0 Å². The van der Waals surface area contributed by atoms with Crippen LogP contribution in [0, 0.1) is 11.8 Å². The molecule has 1 N–H and O–H groups in total. The first kappa shape index (κ1) is 27.7. The zero-order chi connectivity index (χ0) is 26.9. The number of hydrogen-bond donors (Lipinski definition) is 1. The van der Waals surface area contributed by atoms with Crippen molar-refractivity contribution in [2.75, 3.05) is 25.0 Å². The molecule has 1 amide bonds. The van der Waals surface area contributed by atoms with E-state index in [0.717, 1.165) is 12.8 Å². The minimum Gasteiger partial charge on any atom is -0.483 e. The molecular formula is C23H32F5N5O3. The van der Waals surface area contributed by atoms with Crippen molar-refractivity contribution in [3.8, 4) is 5.75 Å². The van der Waals surface area contributed by atoms with Gasteiger partial charge in [-0.2, -0.15) is 26.9 Å². The number of carbonyl (C=O) groups excluding carboxylic acids is 1. The van der Waals surface area contributed by atoms with Crippen LogP contribution in [0.2, 0.25) is 0 Å². The molecule has 13 heteroatoms. The number of anilines is 1. The minimum atomic E-state index is -5.72. The molecule has 0 aliphatic heterocycles. The number of halogens is 5. The Morgan fingerprint density at radius 1 is 1.22 bits per heavy atom. The number of amides is 1. The molecule has 1 fully saturated rings. The largest absolute Gasteiger partial charge is 0.483 e. The fourth-order valence-electron chi connectivity index (χ4n) is 4.16. The van der Waals surface area contributed by atoms with Crippen LogP contribution in [0.5, 0.6) is 5.75 Å². The fraction of sp³-hybridized carbons (Fsp3) is 0.696. The Labute approximate surface area is 206 Å². The van der Waals surface area contributed by atoms with Crippen LogP contribution in [-0.4, -0.2) is 69.0 Å². The SMILES string of the molecule is CCN(C[C@@H]1CCC(C)[C@H]1Nc1nc2c(OCC(F)(F)C(F)(F)F)cccn2n1)C(=O)OC(C)(C)C. The first-order valence-electron chi connectivity index (χ1n) is 11.8. The number of nitrogens with one attached hydrogen (secondary N) is 1. The third-order valence-electron chi connectivity index (χ3n) is 6.05. The van der Waals surface area contributed by atoms with Crippen molar-refractivity contribution < 1.29 is 36.2 Å². The van der Waals surface area contributed by atoms with E-state index >= 15 is 0 Å². The standard InChI is InChI=1S/C23H32F5N5O3/c1-6-32(20(34)36-21(3,4)5)12-15-10-9-14(2)17(15)29-19-30-18-16(8-7-11-33(18)31-19)35-13-22(24,25)23(26,27)28/h7-8,11,14-15,17H,6,9-10,12-13H2,1-5H3,(H,29,31)/t14?,15-,17+/m0/s1. The Kier molecular flexibility index (Phi) is 7.89. The van der Waals surface area contributed by atoms with E-state index in [1.54, 1.807) is 25.7 Å². The molecule has 3 atom stereocenters. The quantitative estimate of drug-likeness (QED) is 0.470. The van der Waals surface area contributed by atoms with Gasteiger partial charge >= 0.3 is 18.2 Å². The lowest BCUT2D eigenvalue weighted by molar-refractivity contribution is -0.289. The Hall–Kier alpha value is -2.86. The van der Waals surface area contributed by atoms with Gasteiger partial charge in [0.2, 0.25) is 5.95 Å². The second-order valence-electron chi connectivity index (χ2n) is 10.1. The summed E-state index contributed by atoms with van der Waals surface area (Å²) in [5.74, 6) is -4.79. The summed E-state index contributed by atoms with van der Waals surface area (Å²) < 4.78 is 75.7. The molecule has 3 rings (SSSR count). The summed E-state index contributed by atoms with van der Waals surface area (Å²) >= 11 is 0. The predicted molar refractivity (Wildman–Crippen MR) is 122 cm³/mol. The number of rotatable bonds is 8. The lowest BCUT2D eigenvalue weighted by Crippen LogP contribution is -2.43. The van der Waals surface area contributed by atoms with E-state index in [1.807, 2.05) is 6.92 Å². The van der Waals surface area contributed by atoms with Gasteiger partial charge in [-0.1, -0.05) is 6.92 Å². The summed E-state index contributed by atoms with van der Waals surface area (Å²) in [6.45, 7) is 8.41. The maximum Gasteiger partial charge on any atom is 0.456 e. The van der Waals surface area contributed by atoms with E-state index < -0.39 is 30.4 Å². The van der Waals surface area contributed by atoms with Crippen molar-refractivity contribution in [1.82, 2.24) is 19.5 Å². The summed E-state index contributed by atoms with van der Waals surface area (Å²) in [4.78, 5) is 18.5. The molecule has 36 heavy (non-hydrogen) atoms. The van der Waals surface area contributed by atoms with E-state index in [-0.39, 0.29) is 35.2 Å². The Morgan fingerprint density at radius 3 is 2.53 bits per heavy atom. The van der Waals surface area contributed by atoms with Gasteiger partial charge in [0.15, 0.2) is 18.0 Å². The number of aromatic nitrogens is 3. The first-order valence-corrected chi connectivity index (χ1v) is 11.8. The van der Waals surface area contributed by atoms with Crippen molar-refractivity contribution in [2.24, 2.45) is 11.8 Å². The average Bonchev–Trinajstić information content (AvgIpc) is 3.32. The monoisotopic (exact) mass is 521 g/mol. The molecule has 1 saturated carbocycles. The van der Waals surface area contributed by atoms with Crippen LogP contribution in [0.15, 0.2) is 18.3 Å². The number of nitrogens with zero attached hydrogens (tertiary/aromatic N) is 4. The Balaban J connectivity index is 1.74. The van der Waals surface area contributed by atoms with Gasteiger partial charge in [0, 0.05) is 25.3 Å². The zero-order valence-electron chi connectivity index (χ0n) is 20.9. The van der Waals surface area contributed by atoms with E-state index in [2.05, 4.69) is 22.3 Å². The second kappa shape index (κ2) is 10.3. The lowest BCUT2D eigenvalue weighted by Gasteiger charge is -2.31. The molecule has 1 aliphatic rings. The average molecular weight is 522 g/mol. The van der Waals surface area contributed by atoms with Crippen LogP contribution in [0.25, 0.3) is 5.65 Å². The van der Waals surface area contributed by atoms with Crippen molar-refractivity contribution in [3.05, 3.63) is 18.3 Å². The van der Waals surface area contributed by atoms with Gasteiger partial charge in [0.05, 0.1) is 0 Å². The molecule has 2 aromatic heterocycles. The fourth-order valence-corrected chi connectivity index (χ4v) is 4.16. The highest BCUT2D eigenvalue weighted by atomic mass is 19.4. The summed E-state index contributed by atoms with van der Waals surface area (Å²) in [5.41, 5.74) is -0.612. The lowest BCUT2D eigenvalue weighted by atomic mass is 9.98. The highest BCUT2D eigenvalue weighted by molar-refractivity contribution is 5.68. The van der Waals surface area contributed by atoms with Gasteiger partial charge in [-0.05, 0) is 64.5 Å². The van der Waals surface area contributed by atoms with E-state index in [0.29, 0.717) is 13.1 Å². The van der Waals surface area contributed by atoms with Crippen molar-refractivity contribution in [2.45, 2.75) is 71.2 Å². The summed E-state index contributed by atoms with van der Waals surface area (Å²) in [5, 5.41) is 7.55. The molecule has 0 spiro atoms. The molecule has 2 heterocycles. The number of ether oxygens (including phenoxy) is 2. The van der Waals surface area contributed by atoms with Gasteiger partial charge in [-0.3, -0.25) is 0 Å². The van der Waals surface area contributed by atoms with E-state index in [1.165, 1.54) is 22.8 Å². The van der Waals surface area contributed by atoms with E-state index in [4.69, 9.17) is 9.47 Å². The molecule has 202 valence electrons. The maximum atomic E-state index is 13.3. The summed E-state index contributed by atoms with van der Waals surface area (Å²) in [7, 11) is 0. The van der Waals surface area contributed by atoms with Crippen LogP contribution < -0.4 is 10.1 Å². The predicted octanol–water partition coefficient (Wildman–Crippen LogP) is 5.39. The molecule has 0 saturated heterocycles. The van der Waals surface area contributed by atoms with Crippen LogP contribution in [-0.2, 0) is 4.74 Å². The van der Waals surface area contributed by atoms with Gasteiger partial charge in [-0.15, -0.1) is 5.10 Å². The minimum absolute atomic E-state index is 0.00381. The molecule has 0 bridgehead atoms. The third-order valence-corrected chi connectivity index (χ3v) is 6.05. The number of fused-ring (bicyclic) bond motifs is 1. The molecular weight excluding hydrogens is 489 g/mol. The molecule has 1 aliphatic carbocycles. The summed E-state index contributed by atoms with van der Waals surface area (Å²) in [6.07, 6.45) is -2.88. The normalized spacial score (nSPS) is 21.0. The highest BCUT2D eigenvalue weighted by Crippen LogP contribution is 2.37. The highest BCUT2D eigenvalue weighted by Gasteiger charge is 2.58. The first-order chi connectivity index (χ1) is 16.6. The smallest absolute Gasteiger partial charge is 0.456 e. The maximum absolute atomic E-state index is 13.3. The van der Waals surface area contributed by atoms with Crippen LogP contribution in [0.4, 0.5) is 32.7 Å². The third kappa shape index (κ3) is 6.47. The van der Waals surface area contributed by atoms with Gasteiger partial charge in [-0.25, -0.2) is 9.31 Å². The second-order valence-corrected chi connectivity index (χ2v) is 10.1.